The molecule has 8 heteroatoms. The van der Waals surface area contributed by atoms with Gasteiger partial charge < -0.3 is 15.0 Å². The van der Waals surface area contributed by atoms with Crippen molar-refractivity contribution in [2.24, 2.45) is 0 Å². The van der Waals surface area contributed by atoms with E-state index in [0.717, 1.165) is 59.8 Å². The van der Waals surface area contributed by atoms with E-state index in [1.165, 1.54) is 0 Å². The van der Waals surface area contributed by atoms with E-state index in [4.69, 9.17) is 9.72 Å². The molecule has 1 fully saturated rings. The molecule has 156 valence electrons. The summed E-state index contributed by atoms with van der Waals surface area (Å²) in [6.45, 7) is 7.27. The van der Waals surface area contributed by atoms with Crippen molar-refractivity contribution in [2.45, 2.75) is 19.9 Å². The summed E-state index contributed by atoms with van der Waals surface area (Å²) in [5.74, 6) is 1.30. The highest BCUT2D eigenvalue weighted by molar-refractivity contribution is 5.93. The molecular formula is C23H23N7O. The number of nitrogens with zero attached hydrogens (tertiary/aromatic N) is 6. The Morgan fingerprint density at radius 3 is 2.84 bits per heavy atom. The molecule has 1 N–H and O–H groups in total. The van der Waals surface area contributed by atoms with Crippen LogP contribution in [0.4, 0.5) is 11.5 Å². The first kappa shape index (κ1) is 19.3. The van der Waals surface area contributed by atoms with E-state index < -0.39 is 0 Å². The van der Waals surface area contributed by atoms with E-state index in [0.29, 0.717) is 11.3 Å². The van der Waals surface area contributed by atoms with Crippen molar-refractivity contribution in [3.8, 4) is 6.07 Å². The summed E-state index contributed by atoms with van der Waals surface area (Å²) in [6.07, 6.45) is 1.69. The van der Waals surface area contributed by atoms with Crippen LogP contribution in [0, 0.1) is 18.3 Å². The summed E-state index contributed by atoms with van der Waals surface area (Å²) in [4.78, 5) is 7.08. The molecule has 1 saturated heterocycles. The maximum absolute atomic E-state index is 9.39. The van der Waals surface area contributed by atoms with Gasteiger partial charge >= 0.3 is 0 Å². The quantitative estimate of drug-likeness (QED) is 0.548. The van der Waals surface area contributed by atoms with Gasteiger partial charge in [0, 0.05) is 24.2 Å². The maximum atomic E-state index is 9.39. The smallest absolute Gasteiger partial charge is 0.257 e. The normalized spacial score (nSPS) is 15.2. The summed E-state index contributed by atoms with van der Waals surface area (Å²) < 4.78 is 7.40. The molecule has 4 aromatic rings. The Balaban J connectivity index is 1.60. The second-order valence-corrected chi connectivity index (χ2v) is 7.76. The van der Waals surface area contributed by atoms with E-state index in [1.807, 2.05) is 29.5 Å². The van der Waals surface area contributed by atoms with Crippen molar-refractivity contribution in [1.82, 2.24) is 19.6 Å². The molecular weight excluding hydrogens is 390 g/mol. The minimum absolute atomic E-state index is 0.0404. The number of aromatic nitrogens is 4. The number of morpholine rings is 1. The fourth-order valence-electron chi connectivity index (χ4n) is 4.21. The lowest BCUT2D eigenvalue weighted by molar-refractivity contribution is 0.122. The first-order chi connectivity index (χ1) is 15.2. The molecule has 1 atom stereocenters. The minimum Gasteiger partial charge on any atom is -0.378 e. The Hall–Kier alpha value is -3.70. The molecule has 1 aliphatic rings. The monoisotopic (exact) mass is 413 g/mol. The Morgan fingerprint density at radius 1 is 1.19 bits per heavy atom. The summed E-state index contributed by atoms with van der Waals surface area (Å²) in [7, 11) is 0. The van der Waals surface area contributed by atoms with Gasteiger partial charge in [0.05, 0.1) is 36.4 Å². The second kappa shape index (κ2) is 7.85. The van der Waals surface area contributed by atoms with Crippen LogP contribution in [0.15, 0.2) is 42.7 Å². The second-order valence-electron chi connectivity index (χ2n) is 7.76. The lowest BCUT2D eigenvalue weighted by Crippen LogP contribution is -2.36. The summed E-state index contributed by atoms with van der Waals surface area (Å²) in [6, 6.07) is 14.4. The van der Waals surface area contributed by atoms with Crippen LogP contribution in [0.1, 0.15) is 29.7 Å². The number of ether oxygens (including phenoxy) is 1. The highest BCUT2D eigenvalue weighted by atomic mass is 16.5. The third-order valence-electron chi connectivity index (χ3n) is 5.93. The predicted octanol–water partition coefficient (Wildman–Crippen LogP) is 3.47. The lowest BCUT2D eigenvalue weighted by Gasteiger charge is -2.29. The van der Waals surface area contributed by atoms with Gasteiger partial charge in [-0.15, -0.1) is 10.2 Å². The van der Waals surface area contributed by atoms with Crippen molar-refractivity contribution in [3.63, 3.8) is 0 Å². The summed E-state index contributed by atoms with van der Waals surface area (Å²) >= 11 is 0. The molecule has 2 aromatic carbocycles. The number of rotatable bonds is 4. The van der Waals surface area contributed by atoms with Gasteiger partial charge in [0.1, 0.15) is 12.1 Å². The molecule has 0 unspecified atom stereocenters. The fraction of sp³-hybridized carbons (Fsp3) is 0.304. The third-order valence-corrected chi connectivity index (χ3v) is 5.93. The largest absolute Gasteiger partial charge is 0.378 e. The van der Waals surface area contributed by atoms with Gasteiger partial charge in [0.25, 0.3) is 5.78 Å². The molecule has 2 aromatic heterocycles. The highest BCUT2D eigenvalue weighted by Crippen LogP contribution is 2.31. The van der Waals surface area contributed by atoms with Crippen molar-refractivity contribution in [1.29, 1.82) is 5.26 Å². The predicted molar refractivity (Wildman–Crippen MR) is 119 cm³/mol. The molecule has 0 aliphatic carbocycles. The summed E-state index contributed by atoms with van der Waals surface area (Å²) in [5.41, 5.74) is 4.87. The van der Waals surface area contributed by atoms with Crippen LogP contribution in [0.3, 0.4) is 0 Å². The number of anilines is 2. The van der Waals surface area contributed by atoms with Crippen molar-refractivity contribution >= 4 is 28.2 Å². The van der Waals surface area contributed by atoms with E-state index in [1.54, 1.807) is 6.33 Å². The number of nitrogens with one attached hydrogen (secondary N) is 1. The van der Waals surface area contributed by atoms with Gasteiger partial charge in [-0.05, 0) is 49.2 Å². The molecule has 5 rings (SSSR count). The lowest BCUT2D eigenvalue weighted by atomic mass is 9.98. The Labute approximate surface area is 180 Å². The molecule has 0 saturated carbocycles. The van der Waals surface area contributed by atoms with Gasteiger partial charge in [-0.2, -0.15) is 10.2 Å². The van der Waals surface area contributed by atoms with Crippen molar-refractivity contribution in [3.05, 3.63) is 59.4 Å². The molecule has 8 nitrogen and oxygen atoms in total. The van der Waals surface area contributed by atoms with E-state index >= 15 is 0 Å². The molecule has 31 heavy (non-hydrogen) atoms. The zero-order valence-corrected chi connectivity index (χ0v) is 17.5. The summed E-state index contributed by atoms with van der Waals surface area (Å²) in [5, 5.41) is 22.1. The van der Waals surface area contributed by atoms with Gasteiger partial charge in [0.15, 0.2) is 0 Å². The average molecular weight is 413 g/mol. The molecule has 1 aliphatic heterocycles. The third kappa shape index (κ3) is 3.43. The molecule has 0 radical (unpaired) electrons. The Morgan fingerprint density at radius 2 is 2.03 bits per heavy atom. The van der Waals surface area contributed by atoms with Crippen LogP contribution in [-0.2, 0) is 4.74 Å². The standard InChI is InChI=1S/C23H23N7O/c1-15-17(13-24)4-3-5-19(15)16(2)26-22-20-12-18(29-8-10-31-11-9-29)6-7-21(20)30-14-25-28-23(30)27-22/h3-7,12,14,16H,8-11H2,1-2H3,(H,26,27,28)/t16-/m1/s1. The Kier molecular flexibility index (Phi) is 4.88. The Bertz CT molecular complexity index is 1300. The molecule has 0 spiro atoms. The minimum atomic E-state index is -0.0404. The van der Waals surface area contributed by atoms with Crippen molar-refractivity contribution in [2.75, 3.05) is 36.5 Å². The number of nitriles is 1. The zero-order chi connectivity index (χ0) is 21.4. The topological polar surface area (TPSA) is 91.4 Å². The van der Waals surface area contributed by atoms with Crippen LogP contribution in [0.25, 0.3) is 16.7 Å². The van der Waals surface area contributed by atoms with Crippen LogP contribution in [0.2, 0.25) is 0 Å². The van der Waals surface area contributed by atoms with Gasteiger partial charge in [-0.3, -0.25) is 4.40 Å². The average Bonchev–Trinajstić information content (AvgIpc) is 3.28. The van der Waals surface area contributed by atoms with Gasteiger partial charge in [-0.1, -0.05) is 12.1 Å². The maximum Gasteiger partial charge on any atom is 0.257 e. The van der Waals surface area contributed by atoms with Gasteiger partial charge in [-0.25, -0.2) is 0 Å². The first-order valence-corrected chi connectivity index (χ1v) is 10.4. The zero-order valence-electron chi connectivity index (χ0n) is 17.5. The van der Waals surface area contributed by atoms with E-state index in [9.17, 15) is 5.26 Å². The van der Waals surface area contributed by atoms with Crippen LogP contribution < -0.4 is 10.2 Å². The molecule has 0 amide bonds. The van der Waals surface area contributed by atoms with Crippen LogP contribution in [-0.4, -0.2) is 45.9 Å². The number of hydrogen-bond donors (Lipinski definition) is 1. The number of hydrogen-bond acceptors (Lipinski definition) is 7. The SMILES string of the molecule is Cc1c(C#N)cccc1[C@@H](C)Nc1nc2nncn2c2ccc(N3CCOCC3)cc12. The number of benzene rings is 2. The fourth-order valence-corrected chi connectivity index (χ4v) is 4.21. The van der Waals surface area contributed by atoms with Gasteiger partial charge in [0.2, 0.25) is 0 Å². The first-order valence-electron chi connectivity index (χ1n) is 10.4. The highest BCUT2D eigenvalue weighted by Gasteiger charge is 2.18. The van der Waals surface area contributed by atoms with E-state index in [-0.39, 0.29) is 6.04 Å². The van der Waals surface area contributed by atoms with Crippen LogP contribution >= 0.6 is 0 Å². The van der Waals surface area contributed by atoms with Crippen molar-refractivity contribution < 1.29 is 4.74 Å². The van der Waals surface area contributed by atoms with E-state index in [2.05, 4.69) is 51.6 Å². The molecule has 0 bridgehead atoms. The molecule has 3 heterocycles. The van der Waals surface area contributed by atoms with Crippen LogP contribution in [0.5, 0.6) is 0 Å². The number of fused-ring (bicyclic) bond motifs is 3.